The number of benzene rings is 1. The molecular formula is C17H13ClFN5O2. The summed E-state index contributed by atoms with van der Waals surface area (Å²) in [6.45, 7) is 6.94. The average molecular weight is 374 g/mol. The van der Waals surface area contributed by atoms with Gasteiger partial charge < -0.3 is 5.32 Å². The third kappa shape index (κ3) is 3.31. The Hall–Kier alpha value is -3.13. The number of amides is 2. The molecule has 132 valence electrons. The van der Waals surface area contributed by atoms with Crippen molar-refractivity contribution in [2.75, 3.05) is 5.32 Å². The van der Waals surface area contributed by atoms with Gasteiger partial charge in [-0.15, -0.1) is 0 Å². The molecule has 3 rings (SSSR count). The summed E-state index contributed by atoms with van der Waals surface area (Å²) in [5.74, 6) is -1.40. The van der Waals surface area contributed by atoms with Crippen LogP contribution in [-0.4, -0.2) is 33.3 Å². The number of carbonyl (C=O) groups is 2. The topological polar surface area (TPSA) is 88.7 Å². The van der Waals surface area contributed by atoms with E-state index >= 15 is 0 Å². The van der Waals surface area contributed by atoms with Crippen LogP contribution in [0.2, 0.25) is 5.02 Å². The van der Waals surface area contributed by atoms with Crippen LogP contribution in [0.15, 0.2) is 46.4 Å². The predicted molar refractivity (Wildman–Crippen MR) is 96.4 cm³/mol. The number of halogens is 2. The molecule has 1 aromatic carbocycles. The van der Waals surface area contributed by atoms with Crippen LogP contribution < -0.4 is 5.32 Å². The van der Waals surface area contributed by atoms with Gasteiger partial charge in [-0.25, -0.2) is 9.38 Å². The van der Waals surface area contributed by atoms with Gasteiger partial charge in [-0.2, -0.15) is 14.8 Å². The Balaban J connectivity index is 1.96. The Morgan fingerprint density at radius 1 is 1.27 bits per heavy atom. The number of nitrogens with one attached hydrogen (secondary N) is 1. The van der Waals surface area contributed by atoms with Crippen LogP contribution in [0.4, 0.5) is 10.2 Å². The van der Waals surface area contributed by atoms with Crippen LogP contribution in [0, 0.1) is 12.7 Å². The predicted octanol–water partition coefficient (Wildman–Crippen LogP) is 3.00. The number of carbonyl (C=O) groups excluding carboxylic acids is 2. The van der Waals surface area contributed by atoms with Gasteiger partial charge in [0.2, 0.25) is 0 Å². The van der Waals surface area contributed by atoms with E-state index in [2.05, 4.69) is 27.0 Å². The number of aromatic nitrogens is 2. The summed E-state index contributed by atoms with van der Waals surface area (Å²) >= 11 is 5.92. The lowest BCUT2D eigenvalue weighted by molar-refractivity contribution is -0.113. The van der Waals surface area contributed by atoms with E-state index in [0.717, 1.165) is 12.1 Å². The number of aliphatic imine (C=N–C) groups is 2. The zero-order chi connectivity index (χ0) is 19.0. The minimum absolute atomic E-state index is 0.00787. The molecule has 9 heteroatoms. The second-order valence-electron chi connectivity index (χ2n) is 5.55. The summed E-state index contributed by atoms with van der Waals surface area (Å²) < 4.78 is 14.4. The first-order chi connectivity index (χ1) is 12.3. The van der Waals surface area contributed by atoms with E-state index in [1.807, 2.05) is 0 Å². The quantitative estimate of drug-likeness (QED) is 0.820. The second kappa shape index (κ2) is 6.64. The standard InChI is InChI=1S/C17H13ClFN5O2/c1-8-6-14(21-16(26)12-5-4-11(19)7-13(12)18)24(23-8)17-20-10(3)9(2)15(25)22-17/h4-7H,2H2,1,3H3,(H,21,26). The van der Waals surface area contributed by atoms with Crippen LogP contribution in [0.25, 0.3) is 0 Å². The van der Waals surface area contributed by atoms with E-state index in [0.29, 0.717) is 11.4 Å². The first-order valence-corrected chi connectivity index (χ1v) is 7.85. The molecule has 1 aliphatic heterocycles. The van der Waals surface area contributed by atoms with Crippen molar-refractivity contribution in [3.8, 4) is 0 Å². The average Bonchev–Trinajstić information content (AvgIpc) is 2.92. The van der Waals surface area contributed by atoms with Crippen LogP contribution in [0.1, 0.15) is 23.0 Å². The molecule has 0 spiro atoms. The zero-order valence-corrected chi connectivity index (χ0v) is 14.6. The molecule has 1 N–H and O–H groups in total. The maximum Gasteiger partial charge on any atom is 0.281 e. The second-order valence-corrected chi connectivity index (χ2v) is 5.96. The fourth-order valence-corrected chi connectivity index (χ4v) is 2.50. The Labute approximate surface area is 152 Å². The zero-order valence-electron chi connectivity index (χ0n) is 13.9. The first kappa shape index (κ1) is 17.7. The Bertz CT molecular complexity index is 1020. The number of aryl methyl sites for hydroxylation is 1. The molecule has 7 nitrogen and oxygen atoms in total. The normalized spacial score (nSPS) is 14.2. The van der Waals surface area contributed by atoms with E-state index < -0.39 is 17.6 Å². The monoisotopic (exact) mass is 373 g/mol. The van der Waals surface area contributed by atoms with Crippen LogP contribution >= 0.6 is 11.6 Å². The van der Waals surface area contributed by atoms with Gasteiger partial charge in [-0.05, 0) is 32.0 Å². The fourth-order valence-electron chi connectivity index (χ4n) is 2.25. The third-order valence-electron chi connectivity index (χ3n) is 3.60. The van der Waals surface area contributed by atoms with Gasteiger partial charge in [0.05, 0.1) is 27.6 Å². The van der Waals surface area contributed by atoms with Gasteiger partial charge in [-0.1, -0.05) is 18.2 Å². The largest absolute Gasteiger partial charge is 0.306 e. The van der Waals surface area contributed by atoms with Gasteiger partial charge in [0.15, 0.2) is 0 Å². The number of nitrogens with zero attached hydrogens (tertiary/aromatic N) is 4. The highest BCUT2D eigenvalue weighted by molar-refractivity contribution is 6.34. The fraction of sp³-hybridized carbons (Fsp3) is 0.118. The number of anilines is 1. The van der Waals surface area contributed by atoms with Crippen molar-refractivity contribution in [1.29, 1.82) is 0 Å². The molecule has 1 aliphatic rings. The highest BCUT2D eigenvalue weighted by Crippen LogP contribution is 2.20. The van der Waals surface area contributed by atoms with E-state index in [9.17, 15) is 14.0 Å². The van der Waals surface area contributed by atoms with E-state index in [-0.39, 0.29) is 27.9 Å². The van der Waals surface area contributed by atoms with Gasteiger partial charge in [-0.3, -0.25) is 9.59 Å². The van der Waals surface area contributed by atoms with Crippen molar-refractivity contribution in [1.82, 2.24) is 9.78 Å². The molecule has 2 heterocycles. The molecule has 0 unspecified atom stereocenters. The lowest BCUT2D eigenvalue weighted by Gasteiger charge is -2.13. The minimum Gasteiger partial charge on any atom is -0.306 e. The molecule has 0 aliphatic carbocycles. The van der Waals surface area contributed by atoms with Crippen molar-refractivity contribution in [2.24, 2.45) is 9.98 Å². The van der Waals surface area contributed by atoms with Gasteiger partial charge in [0.25, 0.3) is 17.8 Å². The maximum atomic E-state index is 13.2. The van der Waals surface area contributed by atoms with Crippen molar-refractivity contribution in [3.63, 3.8) is 0 Å². The highest BCUT2D eigenvalue weighted by Gasteiger charge is 2.22. The molecule has 0 bridgehead atoms. The summed E-state index contributed by atoms with van der Waals surface area (Å²) in [6.07, 6.45) is 0. The van der Waals surface area contributed by atoms with Gasteiger partial charge in [0, 0.05) is 6.07 Å². The van der Waals surface area contributed by atoms with Crippen molar-refractivity contribution < 1.29 is 14.0 Å². The highest BCUT2D eigenvalue weighted by atomic mass is 35.5. The maximum absolute atomic E-state index is 13.2. The van der Waals surface area contributed by atoms with Crippen molar-refractivity contribution in [2.45, 2.75) is 13.8 Å². The molecule has 0 saturated carbocycles. The molecule has 0 saturated heterocycles. The summed E-state index contributed by atoms with van der Waals surface area (Å²) in [7, 11) is 0. The molecule has 26 heavy (non-hydrogen) atoms. The first-order valence-electron chi connectivity index (χ1n) is 7.47. The van der Waals surface area contributed by atoms with Crippen molar-refractivity contribution in [3.05, 3.63) is 58.5 Å². The summed E-state index contributed by atoms with van der Waals surface area (Å²) in [6, 6.07) is 5.03. The molecule has 0 atom stereocenters. The Morgan fingerprint density at radius 3 is 2.65 bits per heavy atom. The molecule has 1 aromatic heterocycles. The Morgan fingerprint density at radius 2 is 2.00 bits per heavy atom. The van der Waals surface area contributed by atoms with E-state index in [4.69, 9.17) is 11.6 Å². The minimum atomic E-state index is -0.566. The van der Waals surface area contributed by atoms with Crippen molar-refractivity contribution >= 4 is 40.9 Å². The number of hydrogen-bond donors (Lipinski definition) is 1. The van der Waals surface area contributed by atoms with E-state index in [1.54, 1.807) is 19.9 Å². The molecule has 2 aromatic rings. The SMILES string of the molecule is C=C1C(=O)N=C(n2nc(C)cc2NC(=O)c2ccc(F)cc2Cl)N=C1C. The smallest absolute Gasteiger partial charge is 0.281 e. The van der Waals surface area contributed by atoms with Gasteiger partial charge in [0.1, 0.15) is 11.6 Å². The van der Waals surface area contributed by atoms with E-state index in [1.165, 1.54) is 10.7 Å². The third-order valence-corrected chi connectivity index (χ3v) is 3.92. The summed E-state index contributed by atoms with van der Waals surface area (Å²) in [5, 5.41) is 6.79. The summed E-state index contributed by atoms with van der Waals surface area (Å²) in [4.78, 5) is 32.4. The van der Waals surface area contributed by atoms with Crippen LogP contribution in [0.3, 0.4) is 0 Å². The van der Waals surface area contributed by atoms with Crippen LogP contribution in [-0.2, 0) is 4.79 Å². The number of hydrogen-bond acceptors (Lipinski definition) is 4. The molecule has 0 fully saturated rings. The number of rotatable bonds is 2. The van der Waals surface area contributed by atoms with Gasteiger partial charge >= 0.3 is 0 Å². The molecule has 0 radical (unpaired) electrons. The summed E-state index contributed by atoms with van der Waals surface area (Å²) in [5.41, 5.74) is 1.26. The lowest BCUT2D eigenvalue weighted by atomic mass is 10.2. The molecule has 2 amide bonds. The van der Waals surface area contributed by atoms with Crippen LogP contribution in [0.5, 0.6) is 0 Å². The molecular weight excluding hydrogens is 361 g/mol. The Kier molecular flexibility index (Phi) is 4.52. The lowest BCUT2D eigenvalue weighted by Crippen LogP contribution is -2.25.